The molecule has 0 atom stereocenters. The van der Waals surface area contributed by atoms with Crippen molar-refractivity contribution < 1.29 is 15.0 Å². The molecule has 1 aromatic heterocycles. The van der Waals surface area contributed by atoms with E-state index in [1.165, 1.54) is 0 Å². The predicted molar refractivity (Wildman–Crippen MR) is 195 cm³/mol. The minimum atomic E-state index is -1.41. The lowest BCUT2D eigenvalue weighted by Crippen LogP contribution is -2.48. The van der Waals surface area contributed by atoms with Crippen molar-refractivity contribution in [3.05, 3.63) is 185 Å². The fourth-order valence-corrected chi connectivity index (χ4v) is 7.41. The van der Waals surface area contributed by atoms with Crippen molar-refractivity contribution in [3.63, 3.8) is 0 Å². The van der Waals surface area contributed by atoms with Gasteiger partial charge in [-0.25, -0.2) is 9.78 Å². The van der Waals surface area contributed by atoms with Crippen LogP contribution in [-0.4, -0.2) is 25.7 Å². The number of benzene rings is 5. The van der Waals surface area contributed by atoms with Crippen LogP contribution in [0.4, 0.5) is 0 Å². The van der Waals surface area contributed by atoms with Crippen LogP contribution in [0.5, 0.6) is 0 Å². The summed E-state index contributed by atoms with van der Waals surface area (Å²) in [6.07, 6.45) is 0.513. The largest absolute Gasteiger partial charge is 0.477 e. The third-order valence-corrected chi connectivity index (χ3v) is 9.62. The molecule has 254 valence electrons. The molecule has 6 aromatic rings. The van der Waals surface area contributed by atoms with Crippen LogP contribution in [0.2, 0.25) is 0 Å². The highest BCUT2D eigenvalue weighted by molar-refractivity contribution is 5.87. The molecule has 0 amide bonds. The number of carboxylic acids is 1. The average Bonchev–Trinajstić information content (AvgIpc) is 3.80. The summed E-state index contributed by atoms with van der Waals surface area (Å²) >= 11 is 0. The first-order valence-electron chi connectivity index (χ1n) is 17.0. The van der Waals surface area contributed by atoms with Crippen molar-refractivity contribution in [2.45, 2.75) is 50.4 Å². The Labute approximate surface area is 296 Å². The minimum Gasteiger partial charge on any atom is -0.477 e. The summed E-state index contributed by atoms with van der Waals surface area (Å²) in [5.74, 6) is -0.536. The molecule has 51 heavy (non-hydrogen) atoms. The number of aryl methyl sites for hydroxylation is 1. The first kappa shape index (κ1) is 33.4. The van der Waals surface area contributed by atoms with E-state index in [1.807, 2.05) is 104 Å². The van der Waals surface area contributed by atoms with E-state index in [1.54, 1.807) is 18.4 Å². The molecule has 1 aliphatic rings. The van der Waals surface area contributed by atoms with E-state index in [0.717, 1.165) is 38.9 Å². The van der Waals surface area contributed by atoms with Crippen LogP contribution < -0.4 is 0 Å². The highest BCUT2D eigenvalue weighted by Gasteiger charge is 2.60. The van der Waals surface area contributed by atoms with Crippen molar-refractivity contribution in [2.75, 3.05) is 0 Å². The molecule has 2 heterocycles. The normalized spacial score (nSPS) is 13.8. The summed E-state index contributed by atoms with van der Waals surface area (Å²) in [6, 6.07) is 47.0. The molecule has 0 radical (unpaired) electrons. The molecule has 2 N–H and O–H groups in total. The highest BCUT2D eigenvalue weighted by Crippen LogP contribution is 2.58. The van der Waals surface area contributed by atoms with Gasteiger partial charge in [-0.2, -0.15) is 0 Å². The standard InChI is InChI=1S/C42H38N6O3/c1-4-36-43-38(40(2,3)51)37(39(49)50)48(36)28-29-24-26-30(27-25-29)34-22-14-15-23-35(34)42(44-46-47-45-42)41(31-16-8-5-9-17-31,32-18-10-6-11-19-32)33-20-12-7-13-21-33/h5-27,51H,4,28H2,1-3H3,(H,49,50). The summed E-state index contributed by atoms with van der Waals surface area (Å²) in [6.45, 7) is 5.31. The third kappa shape index (κ3) is 5.65. The molecular formula is C42H38N6O3. The maximum Gasteiger partial charge on any atom is 0.354 e. The van der Waals surface area contributed by atoms with Gasteiger partial charge in [0.15, 0.2) is 5.69 Å². The molecule has 0 aliphatic carbocycles. The van der Waals surface area contributed by atoms with Crippen molar-refractivity contribution in [1.82, 2.24) is 9.55 Å². The second-order valence-corrected chi connectivity index (χ2v) is 13.2. The lowest BCUT2D eigenvalue weighted by Gasteiger charge is -2.45. The molecule has 5 aromatic carbocycles. The SMILES string of the molecule is CCc1nc(C(C)(C)O)c(C(=O)O)n1Cc1ccc(-c2ccccc2C2(C(c3ccccc3)(c3ccccc3)c3ccccc3)N=NN=N2)cc1. The number of aliphatic hydroxyl groups is 1. The Hall–Kier alpha value is -6.06. The quantitative estimate of drug-likeness (QED) is 0.133. The molecule has 1 aliphatic heterocycles. The van der Waals surface area contributed by atoms with Gasteiger partial charge in [-0.15, -0.1) is 10.2 Å². The first-order chi connectivity index (χ1) is 24.7. The summed E-state index contributed by atoms with van der Waals surface area (Å²) in [5, 5.41) is 39.3. The Morgan fingerprint density at radius 3 is 1.67 bits per heavy atom. The van der Waals surface area contributed by atoms with Gasteiger partial charge >= 0.3 is 5.97 Å². The number of aromatic nitrogens is 2. The molecule has 0 fully saturated rings. The number of hydrogen-bond acceptors (Lipinski definition) is 7. The molecule has 0 unspecified atom stereocenters. The van der Waals surface area contributed by atoms with E-state index < -0.39 is 22.6 Å². The Balaban J connectivity index is 1.40. The number of aromatic carboxylic acids is 1. The van der Waals surface area contributed by atoms with E-state index in [-0.39, 0.29) is 17.9 Å². The Morgan fingerprint density at radius 1 is 0.706 bits per heavy atom. The maximum absolute atomic E-state index is 12.4. The summed E-state index contributed by atoms with van der Waals surface area (Å²) in [7, 11) is 0. The summed E-state index contributed by atoms with van der Waals surface area (Å²) < 4.78 is 1.68. The van der Waals surface area contributed by atoms with E-state index in [0.29, 0.717) is 12.2 Å². The highest BCUT2D eigenvalue weighted by atomic mass is 16.4. The van der Waals surface area contributed by atoms with Gasteiger partial charge in [0.1, 0.15) is 17.1 Å². The van der Waals surface area contributed by atoms with Gasteiger partial charge in [-0.1, -0.05) is 146 Å². The van der Waals surface area contributed by atoms with Gasteiger partial charge in [-0.3, -0.25) is 0 Å². The molecule has 9 nitrogen and oxygen atoms in total. The zero-order chi connectivity index (χ0) is 35.6. The van der Waals surface area contributed by atoms with Crippen LogP contribution >= 0.6 is 0 Å². The van der Waals surface area contributed by atoms with Gasteiger partial charge in [0, 0.05) is 18.5 Å². The topological polar surface area (TPSA) is 125 Å². The maximum atomic E-state index is 12.4. The van der Waals surface area contributed by atoms with E-state index >= 15 is 0 Å². The van der Waals surface area contributed by atoms with Crippen molar-refractivity contribution in [1.29, 1.82) is 0 Å². The van der Waals surface area contributed by atoms with Crippen LogP contribution in [0.1, 0.15) is 70.6 Å². The second-order valence-electron chi connectivity index (χ2n) is 13.2. The van der Waals surface area contributed by atoms with E-state index in [9.17, 15) is 15.0 Å². The minimum absolute atomic E-state index is 0.00764. The van der Waals surface area contributed by atoms with Crippen LogP contribution in [0.25, 0.3) is 11.1 Å². The number of nitrogens with zero attached hydrogens (tertiary/aromatic N) is 6. The van der Waals surface area contributed by atoms with Crippen LogP contribution in [0.3, 0.4) is 0 Å². The lowest BCUT2D eigenvalue weighted by atomic mass is 9.59. The molecule has 0 spiro atoms. The van der Waals surface area contributed by atoms with E-state index in [2.05, 4.69) is 57.9 Å². The molecule has 0 bridgehead atoms. The van der Waals surface area contributed by atoms with Gasteiger partial charge in [0.25, 0.3) is 0 Å². The fraction of sp³-hybridized carbons (Fsp3) is 0.190. The summed E-state index contributed by atoms with van der Waals surface area (Å²) in [4.78, 5) is 17.0. The number of carbonyl (C=O) groups is 1. The molecule has 9 heteroatoms. The zero-order valence-electron chi connectivity index (χ0n) is 28.7. The smallest absolute Gasteiger partial charge is 0.354 e. The monoisotopic (exact) mass is 674 g/mol. The molecular weight excluding hydrogens is 637 g/mol. The van der Waals surface area contributed by atoms with Crippen LogP contribution in [0, 0.1) is 0 Å². The number of rotatable bonds is 11. The Bertz CT molecular complexity index is 2110. The lowest BCUT2D eigenvalue weighted by molar-refractivity contribution is 0.0602. The van der Waals surface area contributed by atoms with Gasteiger partial charge in [0.05, 0.1) is 5.41 Å². The van der Waals surface area contributed by atoms with Crippen LogP contribution in [0.15, 0.2) is 160 Å². The molecule has 7 rings (SSSR count). The molecule has 0 saturated carbocycles. The molecule has 0 saturated heterocycles. The van der Waals surface area contributed by atoms with Gasteiger partial charge in [-0.05, 0) is 57.7 Å². The first-order valence-corrected chi connectivity index (χ1v) is 17.0. The number of hydrogen-bond donors (Lipinski definition) is 2. The van der Waals surface area contributed by atoms with E-state index in [4.69, 9.17) is 10.2 Å². The van der Waals surface area contributed by atoms with Crippen molar-refractivity contribution in [2.24, 2.45) is 20.7 Å². The number of carboxylic acid groups (broad SMARTS) is 1. The fourth-order valence-electron chi connectivity index (χ4n) is 7.41. The van der Waals surface area contributed by atoms with Crippen molar-refractivity contribution >= 4 is 5.97 Å². The predicted octanol–water partition coefficient (Wildman–Crippen LogP) is 9.11. The zero-order valence-corrected chi connectivity index (χ0v) is 28.7. The Kier molecular flexibility index (Phi) is 8.74. The second kappa shape index (κ2) is 13.3. The van der Waals surface area contributed by atoms with Crippen molar-refractivity contribution in [3.8, 4) is 11.1 Å². The average molecular weight is 675 g/mol. The van der Waals surface area contributed by atoms with Gasteiger partial charge in [0.2, 0.25) is 5.66 Å². The Morgan fingerprint density at radius 2 is 1.20 bits per heavy atom. The summed E-state index contributed by atoms with van der Waals surface area (Å²) in [5.41, 5.74) is 2.93. The van der Waals surface area contributed by atoms with Crippen LogP contribution in [-0.2, 0) is 29.6 Å². The van der Waals surface area contributed by atoms with Gasteiger partial charge < -0.3 is 14.8 Å². The number of imidazole rings is 1. The third-order valence-electron chi connectivity index (χ3n) is 9.62.